The molecule has 1 N–H and O–H groups in total. The molecule has 0 atom stereocenters. The van der Waals surface area contributed by atoms with Crippen molar-refractivity contribution in [2.75, 3.05) is 0 Å². The Balaban J connectivity index is 2.15. The van der Waals surface area contributed by atoms with E-state index >= 15 is 0 Å². The molecule has 2 rings (SSSR count). The maximum Gasteiger partial charge on any atom is 0.250 e. The molecule has 1 aromatic heterocycles. The van der Waals surface area contributed by atoms with E-state index < -0.39 is 15.8 Å². The average Bonchev–Trinajstić information content (AvgIpc) is 2.87. The van der Waals surface area contributed by atoms with Crippen LogP contribution < -0.4 is 4.72 Å². The van der Waals surface area contributed by atoms with E-state index in [1.54, 1.807) is 6.07 Å². The molecular weight excluding hydrogens is 287 g/mol. The minimum atomic E-state index is -3.71. The number of rotatable bonds is 4. The van der Waals surface area contributed by atoms with Gasteiger partial charge in [0.1, 0.15) is 21.0 Å². The highest BCUT2D eigenvalue weighted by molar-refractivity contribution is 7.91. The molecule has 0 aliphatic carbocycles. The first-order chi connectivity index (χ1) is 9.03. The number of benzene rings is 1. The van der Waals surface area contributed by atoms with Crippen molar-refractivity contribution in [2.24, 2.45) is 0 Å². The van der Waals surface area contributed by atoms with Crippen molar-refractivity contribution in [3.05, 3.63) is 52.7 Å². The maximum atomic E-state index is 13.4. The molecule has 98 valence electrons. The molecule has 0 fully saturated rings. The van der Waals surface area contributed by atoms with Gasteiger partial charge in [-0.15, -0.1) is 11.3 Å². The highest BCUT2D eigenvalue weighted by Crippen LogP contribution is 2.20. The summed E-state index contributed by atoms with van der Waals surface area (Å²) < 4.78 is 39.5. The second kappa shape index (κ2) is 5.48. The number of hydrogen-bond acceptors (Lipinski definition) is 4. The summed E-state index contributed by atoms with van der Waals surface area (Å²) in [4.78, 5) is 0.311. The number of thiophene rings is 1. The van der Waals surface area contributed by atoms with Crippen LogP contribution in [0.1, 0.15) is 10.4 Å². The van der Waals surface area contributed by atoms with E-state index in [0.29, 0.717) is 4.88 Å². The van der Waals surface area contributed by atoms with Gasteiger partial charge in [0.05, 0.1) is 0 Å². The summed E-state index contributed by atoms with van der Waals surface area (Å²) >= 11 is 0.874. The van der Waals surface area contributed by atoms with Crippen molar-refractivity contribution >= 4 is 21.4 Å². The SMILES string of the molecule is N#Cc1ccc(S(=O)(=O)NCc2ccccc2F)s1. The van der Waals surface area contributed by atoms with Gasteiger partial charge in [-0.1, -0.05) is 18.2 Å². The van der Waals surface area contributed by atoms with E-state index in [2.05, 4.69) is 4.72 Å². The fourth-order valence-electron chi connectivity index (χ4n) is 1.41. The van der Waals surface area contributed by atoms with Gasteiger partial charge in [0.25, 0.3) is 0 Å². The van der Waals surface area contributed by atoms with E-state index in [1.807, 2.05) is 6.07 Å². The second-order valence-electron chi connectivity index (χ2n) is 3.65. The minimum Gasteiger partial charge on any atom is -0.207 e. The van der Waals surface area contributed by atoms with Crippen LogP contribution in [0.15, 0.2) is 40.6 Å². The van der Waals surface area contributed by atoms with E-state index in [9.17, 15) is 12.8 Å². The molecule has 0 spiro atoms. The molecule has 19 heavy (non-hydrogen) atoms. The molecule has 0 unspecified atom stereocenters. The summed E-state index contributed by atoms with van der Waals surface area (Å²) in [6, 6.07) is 10.6. The number of hydrogen-bond donors (Lipinski definition) is 1. The Hall–Kier alpha value is -1.75. The van der Waals surface area contributed by atoms with Crippen molar-refractivity contribution in [1.29, 1.82) is 5.26 Å². The molecule has 0 amide bonds. The van der Waals surface area contributed by atoms with Crippen LogP contribution in [0.25, 0.3) is 0 Å². The Morgan fingerprint density at radius 2 is 2.00 bits per heavy atom. The standard InChI is InChI=1S/C12H9FN2O2S2/c13-11-4-2-1-3-9(11)8-15-19(16,17)12-6-5-10(7-14)18-12/h1-6,15H,8H2. The normalized spacial score (nSPS) is 11.2. The van der Waals surface area contributed by atoms with Crippen LogP contribution in [0, 0.1) is 17.1 Å². The van der Waals surface area contributed by atoms with Crippen molar-refractivity contribution in [2.45, 2.75) is 10.8 Å². The summed E-state index contributed by atoms with van der Waals surface area (Å²) in [6.45, 7) is -0.130. The lowest BCUT2D eigenvalue weighted by Crippen LogP contribution is -2.22. The quantitative estimate of drug-likeness (QED) is 0.940. The third kappa shape index (κ3) is 3.17. The molecular formula is C12H9FN2O2S2. The first kappa shape index (κ1) is 13.7. The van der Waals surface area contributed by atoms with Gasteiger partial charge in [-0.3, -0.25) is 0 Å². The van der Waals surface area contributed by atoms with Gasteiger partial charge in [0.2, 0.25) is 10.0 Å². The van der Waals surface area contributed by atoms with Crippen LogP contribution in [0.2, 0.25) is 0 Å². The molecule has 0 bridgehead atoms. The van der Waals surface area contributed by atoms with Crippen LogP contribution in [0.3, 0.4) is 0 Å². The number of halogens is 1. The molecule has 0 aliphatic heterocycles. The van der Waals surface area contributed by atoms with E-state index in [4.69, 9.17) is 5.26 Å². The predicted molar refractivity (Wildman–Crippen MR) is 69.5 cm³/mol. The molecule has 0 aliphatic rings. The number of nitrogens with one attached hydrogen (secondary N) is 1. The Morgan fingerprint density at radius 3 is 2.63 bits per heavy atom. The zero-order chi connectivity index (χ0) is 13.9. The van der Waals surface area contributed by atoms with Gasteiger partial charge in [-0.25, -0.2) is 17.5 Å². The fraction of sp³-hybridized carbons (Fsp3) is 0.0833. The monoisotopic (exact) mass is 296 g/mol. The number of nitrogens with zero attached hydrogens (tertiary/aromatic N) is 1. The van der Waals surface area contributed by atoms with Gasteiger partial charge in [0.15, 0.2) is 0 Å². The molecule has 0 saturated heterocycles. The van der Waals surface area contributed by atoms with Crippen LogP contribution in [-0.2, 0) is 16.6 Å². The lowest BCUT2D eigenvalue weighted by Gasteiger charge is -2.05. The van der Waals surface area contributed by atoms with Crippen molar-refractivity contribution < 1.29 is 12.8 Å². The molecule has 1 heterocycles. The molecule has 2 aromatic rings. The lowest BCUT2D eigenvalue weighted by atomic mass is 10.2. The lowest BCUT2D eigenvalue weighted by molar-refractivity contribution is 0.576. The molecule has 7 heteroatoms. The van der Waals surface area contributed by atoms with E-state index in [1.165, 1.54) is 30.3 Å². The van der Waals surface area contributed by atoms with Gasteiger partial charge < -0.3 is 0 Å². The zero-order valence-electron chi connectivity index (χ0n) is 9.63. The van der Waals surface area contributed by atoms with Gasteiger partial charge >= 0.3 is 0 Å². The summed E-state index contributed by atoms with van der Waals surface area (Å²) in [6.07, 6.45) is 0. The summed E-state index contributed by atoms with van der Waals surface area (Å²) in [7, 11) is -3.71. The van der Waals surface area contributed by atoms with E-state index in [0.717, 1.165) is 11.3 Å². The molecule has 1 aromatic carbocycles. The molecule has 0 saturated carbocycles. The first-order valence-electron chi connectivity index (χ1n) is 5.26. The minimum absolute atomic E-state index is 0.0420. The van der Waals surface area contributed by atoms with Gasteiger partial charge in [-0.05, 0) is 18.2 Å². The van der Waals surface area contributed by atoms with Gasteiger partial charge in [-0.2, -0.15) is 5.26 Å². The number of nitriles is 1. The number of sulfonamides is 1. The summed E-state index contributed by atoms with van der Waals surface area (Å²) in [5.74, 6) is -0.464. The Bertz CT molecular complexity index is 732. The third-order valence-electron chi connectivity index (χ3n) is 2.37. The van der Waals surface area contributed by atoms with Crippen LogP contribution >= 0.6 is 11.3 Å². The Kier molecular flexibility index (Phi) is 3.95. The first-order valence-corrected chi connectivity index (χ1v) is 7.56. The van der Waals surface area contributed by atoms with Crippen molar-refractivity contribution in [1.82, 2.24) is 4.72 Å². The zero-order valence-corrected chi connectivity index (χ0v) is 11.3. The highest BCUT2D eigenvalue weighted by atomic mass is 32.2. The smallest absolute Gasteiger partial charge is 0.207 e. The summed E-state index contributed by atoms with van der Waals surface area (Å²) in [5.41, 5.74) is 0.267. The molecule has 0 radical (unpaired) electrons. The van der Waals surface area contributed by atoms with Crippen LogP contribution in [-0.4, -0.2) is 8.42 Å². The van der Waals surface area contributed by atoms with Gasteiger partial charge in [0, 0.05) is 12.1 Å². The molecule has 4 nitrogen and oxygen atoms in total. The third-order valence-corrected chi connectivity index (χ3v) is 5.25. The second-order valence-corrected chi connectivity index (χ2v) is 6.72. The van der Waals surface area contributed by atoms with E-state index in [-0.39, 0.29) is 16.3 Å². The largest absolute Gasteiger partial charge is 0.250 e. The highest BCUT2D eigenvalue weighted by Gasteiger charge is 2.17. The topological polar surface area (TPSA) is 70.0 Å². The summed E-state index contributed by atoms with van der Waals surface area (Å²) in [5, 5.41) is 8.66. The Labute approximate surface area is 114 Å². The van der Waals surface area contributed by atoms with Crippen molar-refractivity contribution in [3.8, 4) is 6.07 Å². The Morgan fingerprint density at radius 1 is 1.26 bits per heavy atom. The van der Waals surface area contributed by atoms with Crippen molar-refractivity contribution in [3.63, 3.8) is 0 Å². The average molecular weight is 296 g/mol. The predicted octanol–water partition coefficient (Wildman–Crippen LogP) is 2.24. The fourth-order valence-corrected chi connectivity index (χ4v) is 3.56. The van der Waals surface area contributed by atoms with Crippen LogP contribution in [0.4, 0.5) is 4.39 Å². The maximum absolute atomic E-state index is 13.4. The van der Waals surface area contributed by atoms with Crippen LogP contribution in [0.5, 0.6) is 0 Å².